The van der Waals surface area contributed by atoms with Crippen LogP contribution in [0.5, 0.6) is 0 Å². The van der Waals surface area contributed by atoms with Crippen molar-refractivity contribution >= 4 is 11.4 Å². The Balaban J connectivity index is 2.62. The van der Waals surface area contributed by atoms with Gasteiger partial charge in [-0.2, -0.15) is 0 Å². The van der Waals surface area contributed by atoms with E-state index in [0.29, 0.717) is 6.04 Å². The molecule has 0 spiro atoms. The second kappa shape index (κ2) is 5.78. The minimum atomic E-state index is 0.496. The van der Waals surface area contributed by atoms with Gasteiger partial charge in [0.1, 0.15) is 0 Å². The van der Waals surface area contributed by atoms with Crippen LogP contribution in [0.4, 0.5) is 11.4 Å². The Morgan fingerprint density at radius 2 is 2.00 bits per heavy atom. The van der Waals surface area contributed by atoms with E-state index < -0.39 is 0 Å². The lowest BCUT2D eigenvalue weighted by Crippen LogP contribution is -2.19. The predicted molar refractivity (Wildman–Crippen MR) is 72.7 cm³/mol. The van der Waals surface area contributed by atoms with Gasteiger partial charge in [0.15, 0.2) is 0 Å². The summed E-state index contributed by atoms with van der Waals surface area (Å²) in [5.74, 6) is 0.767. The van der Waals surface area contributed by atoms with Gasteiger partial charge in [0, 0.05) is 17.4 Å². The zero-order valence-corrected chi connectivity index (χ0v) is 10.9. The second-order valence-corrected chi connectivity index (χ2v) is 4.81. The van der Waals surface area contributed by atoms with Gasteiger partial charge >= 0.3 is 0 Å². The molecule has 1 aromatic carbocycles. The van der Waals surface area contributed by atoms with Crippen molar-refractivity contribution < 1.29 is 0 Å². The van der Waals surface area contributed by atoms with Crippen molar-refractivity contribution in [3.63, 3.8) is 0 Å². The third kappa shape index (κ3) is 3.44. The van der Waals surface area contributed by atoms with E-state index in [2.05, 4.69) is 39.1 Å². The highest BCUT2D eigenvalue weighted by atomic mass is 14.9. The van der Waals surface area contributed by atoms with Crippen LogP contribution in [0.1, 0.15) is 39.2 Å². The fourth-order valence-electron chi connectivity index (χ4n) is 1.90. The Hall–Kier alpha value is -1.18. The maximum Gasteiger partial charge on any atom is 0.0392 e. The molecule has 1 aromatic rings. The van der Waals surface area contributed by atoms with E-state index in [4.69, 9.17) is 5.73 Å². The van der Waals surface area contributed by atoms with Gasteiger partial charge in [0.05, 0.1) is 0 Å². The Labute approximate surface area is 99.2 Å². The van der Waals surface area contributed by atoms with Crippen LogP contribution in [0.15, 0.2) is 18.2 Å². The number of nitrogens with two attached hydrogens (primary N) is 1. The lowest BCUT2D eigenvalue weighted by Gasteiger charge is -2.20. The van der Waals surface area contributed by atoms with Gasteiger partial charge in [-0.1, -0.05) is 26.3 Å². The summed E-state index contributed by atoms with van der Waals surface area (Å²) in [6.07, 6.45) is 2.44. The van der Waals surface area contributed by atoms with Gasteiger partial charge in [-0.3, -0.25) is 0 Å². The average Bonchev–Trinajstić information content (AvgIpc) is 2.24. The van der Waals surface area contributed by atoms with Crippen LogP contribution in [0.2, 0.25) is 0 Å². The summed E-state index contributed by atoms with van der Waals surface area (Å²) in [6.45, 7) is 8.83. The first kappa shape index (κ1) is 12.9. The van der Waals surface area contributed by atoms with Crippen LogP contribution in [-0.2, 0) is 0 Å². The number of benzene rings is 1. The lowest BCUT2D eigenvalue weighted by molar-refractivity contribution is 0.483. The molecule has 0 saturated carbocycles. The third-order valence-electron chi connectivity index (χ3n) is 3.23. The van der Waals surface area contributed by atoms with Crippen LogP contribution < -0.4 is 11.1 Å². The van der Waals surface area contributed by atoms with Crippen molar-refractivity contribution in [3.8, 4) is 0 Å². The quantitative estimate of drug-likeness (QED) is 0.740. The molecule has 0 saturated heterocycles. The smallest absolute Gasteiger partial charge is 0.0392 e. The summed E-state index contributed by atoms with van der Waals surface area (Å²) >= 11 is 0. The van der Waals surface area contributed by atoms with E-state index in [9.17, 15) is 0 Å². The zero-order chi connectivity index (χ0) is 12.1. The van der Waals surface area contributed by atoms with Crippen molar-refractivity contribution in [3.05, 3.63) is 23.8 Å². The monoisotopic (exact) mass is 220 g/mol. The summed E-state index contributed by atoms with van der Waals surface area (Å²) in [5.41, 5.74) is 9.06. The van der Waals surface area contributed by atoms with Crippen LogP contribution in [0, 0.1) is 12.8 Å². The van der Waals surface area contributed by atoms with Crippen molar-refractivity contribution in [2.75, 3.05) is 11.1 Å². The molecule has 0 heterocycles. The van der Waals surface area contributed by atoms with Crippen molar-refractivity contribution in [2.24, 2.45) is 5.92 Å². The molecule has 0 aliphatic heterocycles. The Morgan fingerprint density at radius 3 is 2.62 bits per heavy atom. The standard InChI is InChI=1S/C14H24N2/c1-5-10(2)9-11(3)16-14-8-6-7-13(15)12(14)4/h6-8,10-11,16H,5,9,15H2,1-4H3. The van der Waals surface area contributed by atoms with Gasteiger partial charge in [-0.05, 0) is 43.9 Å². The molecule has 0 radical (unpaired) electrons. The molecule has 3 N–H and O–H groups in total. The molecule has 16 heavy (non-hydrogen) atoms. The second-order valence-electron chi connectivity index (χ2n) is 4.81. The Morgan fingerprint density at radius 1 is 1.31 bits per heavy atom. The third-order valence-corrected chi connectivity index (χ3v) is 3.23. The minimum absolute atomic E-state index is 0.496. The topological polar surface area (TPSA) is 38.0 Å². The van der Waals surface area contributed by atoms with Crippen LogP contribution in [0.3, 0.4) is 0 Å². The van der Waals surface area contributed by atoms with Gasteiger partial charge in [0.2, 0.25) is 0 Å². The maximum absolute atomic E-state index is 5.88. The highest BCUT2D eigenvalue weighted by Crippen LogP contribution is 2.22. The number of hydrogen-bond donors (Lipinski definition) is 2. The minimum Gasteiger partial charge on any atom is -0.398 e. The van der Waals surface area contributed by atoms with E-state index in [0.717, 1.165) is 22.9 Å². The van der Waals surface area contributed by atoms with E-state index in [1.807, 2.05) is 12.1 Å². The summed E-state index contributed by atoms with van der Waals surface area (Å²) in [6, 6.07) is 6.54. The molecule has 90 valence electrons. The maximum atomic E-state index is 5.88. The molecule has 2 nitrogen and oxygen atoms in total. The van der Waals surface area contributed by atoms with Crippen LogP contribution >= 0.6 is 0 Å². The summed E-state index contributed by atoms with van der Waals surface area (Å²) in [5, 5.41) is 3.54. The molecular weight excluding hydrogens is 196 g/mol. The lowest BCUT2D eigenvalue weighted by atomic mass is 10.00. The van der Waals surface area contributed by atoms with Gasteiger partial charge < -0.3 is 11.1 Å². The van der Waals surface area contributed by atoms with E-state index >= 15 is 0 Å². The normalized spacial score (nSPS) is 14.5. The Kier molecular flexibility index (Phi) is 4.66. The number of anilines is 2. The number of rotatable bonds is 5. The van der Waals surface area contributed by atoms with Gasteiger partial charge in [0.25, 0.3) is 0 Å². The number of nitrogens with one attached hydrogen (secondary N) is 1. The number of hydrogen-bond acceptors (Lipinski definition) is 2. The highest BCUT2D eigenvalue weighted by molar-refractivity contribution is 5.63. The van der Waals surface area contributed by atoms with Crippen LogP contribution in [-0.4, -0.2) is 6.04 Å². The fraction of sp³-hybridized carbons (Fsp3) is 0.571. The van der Waals surface area contributed by atoms with Crippen molar-refractivity contribution in [1.29, 1.82) is 0 Å². The predicted octanol–water partition coefficient (Wildman–Crippen LogP) is 3.81. The highest BCUT2D eigenvalue weighted by Gasteiger charge is 2.08. The molecule has 2 atom stereocenters. The largest absolute Gasteiger partial charge is 0.398 e. The molecule has 0 bridgehead atoms. The summed E-state index contributed by atoms with van der Waals surface area (Å²) in [4.78, 5) is 0. The van der Waals surface area contributed by atoms with E-state index in [-0.39, 0.29) is 0 Å². The average molecular weight is 220 g/mol. The summed E-state index contributed by atoms with van der Waals surface area (Å²) in [7, 11) is 0. The molecular formula is C14H24N2. The SMILES string of the molecule is CCC(C)CC(C)Nc1cccc(N)c1C. The molecule has 0 aliphatic carbocycles. The van der Waals surface area contributed by atoms with Crippen LogP contribution in [0.25, 0.3) is 0 Å². The van der Waals surface area contributed by atoms with E-state index in [1.54, 1.807) is 0 Å². The Bertz CT molecular complexity index is 334. The van der Waals surface area contributed by atoms with E-state index in [1.165, 1.54) is 12.8 Å². The first-order chi connectivity index (χ1) is 7.54. The van der Waals surface area contributed by atoms with Gasteiger partial charge in [-0.15, -0.1) is 0 Å². The first-order valence-electron chi connectivity index (χ1n) is 6.16. The molecule has 2 unspecified atom stereocenters. The molecule has 0 aromatic heterocycles. The van der Waals surface area contributed by atoms with Crippen molar-refractivity contribution in [2.45, 2.75) is 46.6 Å². The molecule has 1 rings (SSSR count). The van der Waals surface area contributed by atoms with Crippen molar-refractivity contribution in [1.82, 2.24) is 0 Å². The summed E-state index contributed by atoms with van der Waals surface area (Å²) < 4.78 is 0. The molecule has 0 amide bonds. The zero-order valence-electron chi connectivity index (χ0n) is 10.9. The van der Waals surface area contributed by atoms with Gasteiger partial charge in [-0.25, -0.2) is 0 Å². The molecule has 0 aliphatic rings. The molecule has 0 fully saturated rings. The number of nitrogen functional groups attached to an aromatic ring is 1. The fourth-order valence-corrected chi connectivity index (χ4v) is 1.90. The first-order valence-corrected chi connectivity index (χ1v) is 6.16. The molecule has 2 heteroatoms.